The molecular formula is C25H21ClFNO3S2. The Bertz CT molecular complexity index is 1170. The van der Waals surface area contributed by atoms with Crippen molar-refractivity contribution in [1.29, 1.82) is 0 Å². The molecule has 0 bridgehead atoms. The van der Waals surface area contributed by atoms with Crippen LogP contribution in [0.1, 0.15) is 16.7 Å². The van der Waals surface area contributed by atoms with E-state index in [2.05, 4.69) is 0 Å². The fourth-order valence-electron chi connectivity index (χ4n) is 3.47. The monoisotopic (exact) mass is 501 g/mol. The number of rotatable bonds is 8. The molecule has 3 aromatic rings. The zero-order chi connectivity index (χ0) is 23.4. The Hall–Kier alpha value is -2.61. The van der Waals surface area contributed by atoms with Crippen LogP contribution in [-0.4, -0.2) is 27.5 Å². The Morgan fingerprint density at radius 3 is 2.52 bits per heavy atom. The van der Waals surface area contributed by atoms with Crippen LogP contribution in [0.25, 0.3) is 0 Å². The van der Waals surface area contributed by atoms with Gasteiger partial charge in [0.25, 0.3) is 0 Å². The number of ether oxygens (including phenoxy) is 2. The number of methoxy groups -OCH3 is 1. The van der Waals surface area contributed by atoms with E-state index in [9.17, 15) is 9.18 Å². The minimum Gasteiger partial charge on any atom is -0.497 e. The molecule has 0 unspecified atom stereocenters. The third-order valence-corrected chi connectivity index (χ3v) is 7.08. The van der Waals surface area contributed by atoms with Crippen molar-refractivity contribution in [3.8, 4) is 11.5 Å². The number of halogens is 2. The largest absolute Gasteiger partial charge is 0.497 e. The van der Waals surface area contributed by atoms with E-state index in [1.54, 1.807) is 36.3 Å². The average Bonchev–Trinajstić information content (AvgIpc) is 3.06. The number of carbonyl (C=O) groups is 1. The number of thiocarbonyl (C=S) groups is 1. The van der Waals surface area contributed by atoms with E-state index < -0.39 is 0 Å². The first-order chi connectivity index (χ1) is 15.9. The SMILES string of the molecule is COc1ccc(CN2C(=O)[C@H](Cc3ccc(OCc4cccc(F)c4)c(Cl)c3)SC2=S)cc1. The molecule has 0 saturated carbocycles. The number of thioether (sulfide) groups is 1. The highest BCUT2D eigenvalue weighted by Gasteiger charge is 2.36. The maximum Gasteiger partial charge on any atom is 0.242 e. The number of nitrogens with zero attached hydrogens (tertiary/aromatic N) is 1. The second kappa shape index (κ2) is 10.5. The van der Waals surface area contributed by atoms with Gasteiger partial charge in [-0.15, -0.1) is 0 Å². The van der Waals surface area contributed by atoms with E-state index in [-0.39, 0.29) is 23.6 Å². The highest BCUT2D eigenvalue weighted by molar-refractivity contribution is 8.24. The average molecular weight is 502 g/mol. The molecule has 1 fully saturated rings. The smallest absolute Gasteiger partial charge is 0.242 e. The van der Waals surface area contributed by atoms with Gasteiger partial charge in [0.2, 0.25) is 5.91 Å². The molecule has 1 heterocycles. The Morgan fingerprint density at radius 1 is 1.06 bits per heavy atom. The van der Waals surface area contributed by atoms with Crippen molar-refractivity contribution < 1.29 is 18.7 Å². The van der Waals surface area contributed by atoms with E-state index in [0.717, 1.165) is 16.9 Å². The lowest BCUT2D eigenvalue weighted by Gasteiger charge is -2.16. The molecule has 8 heteroatoms. The van der Waals surface area contributed by atoms with E-state index in [1.807, 2.05) is 30.3 Å². The molecule has 0 N–H and O–H groups in total. The summed E-state index contributed by atoms with van der Waals surface area (Å²) in [6.07, 6.45) is 0.507. The van der Waals surface area contributed by atoms with Gasteiger partial charge in [0.05, 0.1) is 23.9 Å². The van der Waals surface area contributed by atoms with Gasteiger partial charge >= 0.3 is 0 Å². The lowest BCUT2D eigenvalue weighted by atomic mass is 10.1. The second-order valence-electron chi connectivity index (χ2n) is 7.53. The van der Waals surface area contributed by atoms with Gasteiger partial charge < -0.3 is 9.47 Å². The Morgan fingerprint density at radius 2 is 1.82 bits per heavy atom. The van der Waals surface area contributed by atoms with Gasteiger partial charge in [0.15, 0.2) is 0 Å². The number of hydrogen-bond donors (Lipinski definition) is 0. The Kier molecular flexibility index (Phi) is 7.53. The van der Waals surface area contributed by atoms with Crippen molar-refractivity contribution in [2.45, 2.75) is 24.8 Å². The number of hydrogen-bond acceptors (Lipinski definition) is 5. The summed E-state index contributed by atoms with van der Waals surface area (Å²) >= 11 is 13.3. The molecule has 0 aromatic heterocycles. The molecule has 4 rings (SSSR count). The van der Waals surface area contributed by atoms with Gasteiger partial charge in [-0.05, 0) is 59.5 Å². The summed E-state index contributed by atoms with van der Waals surface area (Å²) in [5, 5.41) is 0.142. The predicted molar refractivity (Wildman–Crippen MR) is 133 cm³/mol. The predicted octanol–water partition coefficient (Wildman–Crippen LogP) is 6.04. The number of amides is 1. The summed E-state index contributed by atoms with van der Waals surface area (Å²) in [7, 11) is 1.62. The topological polar surface area (TPSA) is 38.8 Å². The summed E-state index contributed by atoms with van der Waals surface area (Å²) in [6, 6.07) is 19.3. The van der Waals surface area contributed by atoms with Crippen molar-refractivity contribution in [3.63, 3.8) is 0 Å². The molecule has 0 spiro atoms. The zero-order valence-corrected chi connectivity index (χ0v) is 20.2. The van der Waals surface area contributed by atoms with Crippen LogP contribution in [0, 0.1) is 5.82 Å². The van der Waals surface area contributed by atoms with Crippen LogP contribution in [0.3, 0.4) is 0 Å². The molecular weight excluding hydrogens is 481 g/mol. The summed E-state index contributed by atoms with van der Waals surface area (Å²) in [6.45, 7) is 0.640. The normalized spacial score (nSPS) is 15.7. The molecule has 1 saturated heterocycles. The first-order valence-corrected chi connectivity index (χ1v) is 11.9. The van der Waals surface area contributed by atoms with E-state index in [1.165, 1.54) is 23.9 Å². The summed E-state index contributed by atoms with van der Waals surface area (Å²) in [5.41, 5.74) is 2.61. The summed E-state index contributed by atoms with van der Waals surface area (Å²) < 4.78 is 24.8. The molecule has 1 atom stereocenters. The highest BCUT2D eigenvalue weighted by Crippen LogP contribution is 2.33. The van der Waals surface area contributed by atoms with Crippen LogP contribution in [0.5, 0.6) is 11.5 Å². The fourth-order valence-corrected chi connectivity index (χ4v) is 5.26. The maximum absolute atomic E-state index is 13.3. The van der Waals surface area contributed by atoms with Crippen molar-refractivity contribution in [3.05, 3.63) is 94.3 Å². The fraction of sp³-hybridized carbons (Fsp3) is 0.200. The van der Waals surface area contributed by atoms with Crippen molar-refractivity contribution in [2.75, 3.05) is 7.11 Å². The van der Waals surface area contributed by atoms with Crippen LogP contribution < -0.4 is 9.47 Å². The van der Waals surface area contributed by atoms with Crippen LogP contribution in [0.4, 0.5) is 4.39 Å². The molecule has 1 amide bonds. The minimum absolute atomic E-state index is 0.0108. The summed E-state index contributed by atoms with van der Waals surface area (Å²) in [5.74, 6) is 0.951. The summed E-state index contributed by atoms with van der Waals surface area (Å²) in [4.78, 5) is 14.6. The van der Waals surface area contributed by atoms with Gasteiger partial charge in [-0.1, -0.05) is 65.9 Å². The lowest BCUT2D eigenvalue weighted by Crippen LogP contribution is -2.31. The van der Waals surface area contributed by atoms with Gasteiger partial charge in [-0.25, -0.2) is 4.39 Å². The third kappa shape index (κ3) is 5.85. The molecule has 1 aliphatic rings. The van der Waals surface area contributed by atoms with Crippen LogP contribution in [0.15, 0.2) is 66.7 Å². The quantitative estimate of drug-likeness (QED) is 0.352. The first kappa shape index (κ1) is 23.5. The molecule has 0 aliphatic carbocycles. The van der Waals surface area contributed by atoms with Crippen LogP contribution >= 0.6 is 35.6 Å². The molecule has 1 aliphatic heterocycles. The Labute approximate surface area is 206 Å². The van der Waals surface area contributed by atoms with Gasteiger partial charge in [-0.2, -0.15) is 0 Å². The van der Waals surface area contributed by atoms with Crippen molar-refractivity contribution in [2.24, 2.45) is 0 Å². The minimum atomic E-state index is -0.310. The maximum atomic E-state index is 13.3. The molecule has 170 valence electrons. The molecule has 0 radical (unpaired) electrons. The van der Waals surface area contributed by atoms with Crippen molar-refractivity contribution in [1.82, 2.24) is 4.90 Å². The zero-order valence-electron chi connectivity index (χ0n) is 17.8. The highest BCUT2D eigenvalue weighted by atomic mass is 35.5. The van der Waals surface area contributed by atoms with E-state index in [4.69, 9.17) is 33.3 Å². The van der Waals surface area contributed by atoms with Crippen LogP contribution in [0.2, 0.25) is 5.02 Å². The first-order valence-electron chi connectivity index (χ1n) is 10.2. The van der Waals surface area contributed by atoms with E-state index in [0.29, 0.717) is 33.6 Å². The third-order valence-electron chi connectivity index (χ3n) is 5.21. The second-order valence-corrected chi connectivity index (χ2v) is 9.78. The molecule has 3 aromatic carbocycles. The van der Waals surface area contributed by atoms with Gasteiger partial charge in [-0.3, -0.25) is 9.69 Å². The van der Waals surface area contributed by atoms with Gasteiger partial charge in [0, 0.05) is 0 Å². The Balaban J connectivity index is 1.37. The van der Waals surface area contributed by atoms with Crippen molar-refractivity contribution >= 4 is 45.8 Å². The van der Waals surface area contributed by atoms with E-state index >= 15 is 0 Å². The lowest BCUT2D eigenvalue weighted by molar-refractivity contribution is -0.126. The molecule has 33 heavy (non-hydrogen) atoms. The molecule has 4 nitrogen and oxygen atoms in total. The number of carbonyl (C=O) groups excluding carboxylic acids is 1. The standard InChI is InChI=1S/C25H21ClFNO3S2/c1-30-20-8-5-16(6-9-20)14-28-24(29)23(33-25(28)32)13-17-7-10-22(21(26)12-17)31-15-18-3-2-4-19(27)11-18/h2-12,23H,13-15H2,1H3/t23-/m0/s1. The number of benzene rings is 3. The van der Waals surface area contributed by atoms with Crippen LogP contribution in [-0.2, 0) is 24.4 Å². The van der Waals surface area contributed by atoms with Gasteiger partial charge in [0.1, 0.15) is 28.2 Å².